The van der Waals surface area contributed by atoms with E-state index < -0.39 is 5.54 Å². The number of hydrogen-bond acceptors (Lipinski definition) is 5. The van der Waals surface area contributed by atoms with Crippen molar-refractivity contribution in [1.29, 1.82) is 0 Å². The van der Waals surface area contributed by atoms with Gasteiger partial charge in [-0.15, -0.1) is 0 Å². The van der Waals surface area contributed by atoms with Crippen LogP contribution in [0.25, 0.3) is 5.69 Å². The second-order valence-corrected chi connectivity index (χ2v) is 10.5. The average molecular weight is 539 g/mol. The van der Waals surface area contributed by atoms with Gasteiger partial charge in [-0.3, -0.25) is 9.69 Å². The van der Waals surface area contributed by atoms with Crippen molar-refractivity contribution in [3.05, 3.63) is 113 Å². The van der Waals surface area contributed by atoms with Crippen LogP contribution in [-0.2, 0) is 10.3 Å². The maximum atomic E-state index is 14.1. The van der Waals surface area contributed by atoms with Gasteiger partial charge in [-0.05, 0) is 55.7 Å². The smallest absolute Gasteiger partial charge is 0.350 e. The summed E-state index contributed by atoms with van der Waals surface area (Å²) in [6, 6.07) is 28.3. The zero-order valence-corrected chi connectivity index (χ0v) is 23.5. The normalized spacial score (nSPS) is 14.4. The van der Waals surface area contributed by atoms with Gasteiger partial charge < -0.3 is 10.2 Å². The maximum absolute atomic E-state index is 14.1. The number of anilines is 1. The molecule has 1 aromatic heterocycles. The van der Waals surface area contributed by atoms with Crippen molar-refractivity contribution in [3.8, 4) is 5.69 Å². The highest BCUT2D eigenvalue weighted by molar-refractivity contribution is 5.91. The lowest BCUT2D eigenvalue weighted by Gasteiger charge is -2.47. The zero-order valence-electron chi connectivity index (χ0n) is 23.5. The molecule has 208 valence electrons. The van der Waals surface area contributed by atoms with E-state index in [0.29, 0.717) is 19.6 Å². The topological polar surface area (TPSA) is 75.4 Å². The number of piperazine rings is 1. The van der Waals surface area contributed by atoms with Crippen LogP contribution in [0, 0.1) is 0 Å². The van der Waals surface area contributed by atoms with Gasteiger partial charge >= 0.3 is 5.69 Å². The summed E-state index contributed by atoms with van der Waals surface area (Å²) in [7, 11) is 0. The van der Waals surface area contributed by atoms with Crippen LogP contribution in [0.5, 0.6) is 0 Å². The molecular weight excluding hydrogens is 500 g/mol. The molecule has 0 aliphatic carbocycles. The first-order valence-corrected chi connectivity index (χ1v) is 14.1. The summed E-state index contributed by atoms with van der Waals surface area (Å²) < 4.78 is 3.06. The van der Waals surface area contributed by atoms with E-state index in [2.05, 4.69) is 63.5 Å². The quantitative estimate of drug-likeness (QED) is 0.346. The van der Waals surface area contributed by atoms with E-state index in [1.54, 1.807) is 10.9 Å². The molecule has 0 bridgehead atoms. The minimum Gasteiger partial charge on any atom is -0.369 e. The largest absolute Gasteiger partial charge is 0.369 e. The third kappa shape index (κ3) is 5.07. The van der Waals surface area contributed by atoms with Gasteiger partial charge in [-0.25, -0.2) is 14.0 Å². The Morgan fingerprint density at radius 1 is 0.850 bits per heavy atom. The number of amides is 1. The molecule has 1 fully saturated rings. The van der Waals surface area contributed by atoms with Gasteiger partial charge in [-0.2, -0.15) is 5.10 Å². The summed E-state index contributed by atoms with van der Waals surface area (Å²) in [5.74, 6) is 0.0111. The highest BCUT2D eigenvalue weighted by Crippen LogP contribution is 2.38. The third-order valence-corrected chi connectivity index (χ3v) is 7.68. The monoisotopic (exact) mass is 538 g/mol. The molecule has 0 radical (unpaired) electrons. The molecule has 1 aliphatic heterocycles. The zero-order chi connectivity index (χ0) is 28.1. The van der Waals surface area contributed by atoms with E-state index in [1.807, 2.05) is 62.4 Å². The van der Waals surface area contributed by atoms with E-state index in [9.17, 15) is 9.59 Å². The number of nitrogens with one attached hydrogen (secondary N) is 1. The first-order valence-electron chi connectivity index (χ1n) is 14.1. The Morgan fingerprint density at radius 3 is 1.90 bits per heavy atom. The third-order valence-electron chi connectivity index (χ3n) is 7.68. The van der Waals surface area contributed by atoms with Gasteiger partial charge in [0.05, 0.1) is 11.7 Å². The van der Waals surface area contributed by atoms with Crippen LogP contribution in [0.2, 0.25) is 0 Å². The van der Waals surface area contributed by atoms with E-state index in [4.69, 9.17) is 0 Å². The number of rotatable bonds is 9. The van der Waals surface area contributed by atoms with Crippen LogP contribution >= 0.6 is 0 Å². The van der Waals surface area contributed by atoms with E-state index >= 15 is 0 Å². The van der Waals surface area contributed by atoms with Crippen molar-refractivity contribution in [2.45, 2.75) is 38.8 Å². The van der Waals surface area contributed by atoms with Crippen molar-refractivity contribution >= 4 is 11.6 Å². The van der Waals surface area contributed by atoms with Crippen LogP contribution in [-0.4, -0.2) is 57.9 Å². The first-order chi connectivity index (χ1) is 19.5. The number of nitrogens with zero attached hydrogens (tertiary/aromatic N) is 5. The Balaban J connectivity index is 1.41. The Labute approximate surface area is 235 Å². The van der Waals surface area contributed by atoms with E-state index in [0.717, 1.165) is 42.0 Å². The van der Waals surface area contributed by atoms with Crippen LogP contribution in [0.1, 0.15) is 44.4 Å². The molecule has 3 aromatic carbocycles. The minimum atomic E-state index is -0.925. The van der Waals surface area contributed by atoms with Gasteiger partial charge in [-0.1, -0.05) is 67.6 Å². The Hall–Kier alpha value is -4.17. The van der Waals surface area contributed by atoms with Crippen LogP contribution in [0.4, 0.5) is 5.69 Å². The molecule has 2 heterocycles. The van der Waals surface area contributed by atoms with E-state index in [1.165, 1.54) is 4.68 Å². The second-order valence-electron chi connectivity index (χ2n) is 10.5. The predicted molar refractivity (Wildman–Crippen MR) is 159 cm³/mol. The fraction of sp³-hybridized carbons (Fsp3) is 0.344. The van der Waals surface area contributed by atoms with E-state index in [-0.39, 0.29) is 17.6 Å². The van der Waals surface area contributed by atoms with Crippen molar-refractivity contribution in [3.63, 3.8) is 0 Å². The fourth-order valence-electron chi connectivity index (χ4n) is 5.63. The Morgan fingerprint density at radius 2 is 1.40 bits per heavy atom. The predicted octanol–water partition coefficient (Wildman–Crippen LogP) is 4.21. The fourth-order valence-corrected chi connectivity index (χ4v) is 5.63. The molecule has 1 aliphatic rings. The molecule has 5 rings (SSSR count). The van der Waals surface area contributed by atoms with Gasteiger partial charge in [0, 0.05) is 38.4 Å². The van der Waals surface area contributed by atoms with Gasteiger partial charge in [0.2, 0.25) is 5.91 Å². The molecule has 0 spiro atoms. The standard InChI is InChI=1S/C32H38N6O2/c1-4-19-33-30(39)32(26-11-7-5-8-12-26,27-13-9-6-10-14-27)36-22-20-35(21-23-36)28-15-17-29(18-16-28)37-24-34-38(25(2)3)31(37)40/h5-18,24-25H,4,19-23H2,1-3H3,(H,33,39). The lowest BCUT2D eigenvalue weighted by molar-refractivity contribution is -0.132. The summed E-state index contributed by atoms with van der Waals surface area (Å²) in [6.07, 6.45) is 2.45. The van der Waals surface area contributed by atoms with Crippen LogP contribution < -0.4 is 15.9 Å². The lowest BCUT2D eigenvalue weighted by Crippen LogP contribution is -2.62. The number of hydrogen-bond donors (Lipinski definition) is 1. The lowest BCUT2D eigenvalue weighted by atomic mass is 9.79. The number of carbonyl (C=O) groups excluding carboxylic acids is 1. The summed E-state index contributed by atoms with van der Waals surface area (Å²) >= 11 is 0. The van der Waals surface area contributed by atoms with Crippen LogP contribution in [0.3, 0.4) is 0 Å². The number of benzene rings is 3. The molecule has 40 heavy (non-hydrogen) atoms. The van der Waals surface area contributed by atoms with Crippen LogP contribution in [0.15, 0.2) is 96.1 Å². The molecule has 1 saturated heterocycles. The highest BCUT2D eigenvalue weighted by atomic mass is 16.2. The SMILES string of the molecule is CCCNC(=O)C(c1ccccc1)(c1ccccc1)N1CCN(c2ccc(-n3cnn(C(C)C)c3=O)cc2)CC1. The highest BCUT2D eigenvalue weighted by Gasteiger charge is 2.47. The summed E-state index contributed by atoms with van der Waals surface area (Å²) in [5.41, 5.74) is 2.76. The Kier molecular flexibility index (Phi) is 8.16. The molecule has 1 N–H and O–H groups in total. The van der Waals surface area contributed by atoms with Gasteiger partial charge in [0.25, 0.3) is 0 Å². The minimum absolute atomic E-state index is 0.00673. The van der Waals surface area contributed by atoms with Gasteiger partial charge in [0.1, 0.15) is 6.33 Å². The Bertz CT molecular complexity index is 1410. The molecule has 4 aromatic rings. The molecule has 0 saturated carbocycles. The second kappa shape index (κ2) is 11.9. The summed E-state index contributed by atoms with van der Waals surface area (Å²) in [6.45, 7) is 9.56. The summed E-state index contributed by atoms with van der Waals surface area (Å²) in [4.78, 5) is 31.5. The van der Waals surface area contributed by atoms with Crippen molar-refractivity contribution in [2.75, 3.05) is 37.6 Å². The van der Waals surface area contributed by atoms with Crippen molar-refractivity contribution in [1.82, 2.24) is 24.6 Å². The number of carbonyl (C=O) groups is 1. The first kappa shape index (κ1) is 27.4. The molecular formula is C32H38N6O2. The molecule has 8 nitrogen and oxygen atoms in total. The molecule has 8 heteroatoms. The summed E-state index contributed by atoms with van der Waals surface area (Å²) in [5, 5.41) is 7.45. The average Bonchev–Trinajstić information content (AvgIpc) is 3.39. The molecule has 0 unspecified atom stereocenters. The number of aromatic nitrogens is 3. The van der Waals surface area contributed by atoms with Gasteiger partial charge in [0.15, 0.2) is 5.54 Å². The maximum Gasteiger partial charge on any atom is 0.350 e. The van der Waals surface area contributed by atoms with Crippen molar-refractivity contribution < 1.29 is 4.79 Å². The molecule has 1 amide bonds. The molecule has 0 atom stereocenters. The van der Waals surface area contributed by atoms with Crippen molar-refractivity contribution in [2.24, 2.45) is 0 Å².